The second kappa shape index (κ2) is 8.67. The van der Waals surface area contributed by atoms with Crippen LogP contribution < -0.4 is 5.32 Å². The molecule has 1 heterocycles. The fourth-order valence-electron chi connectivity index (χ4n) is 2.87. The van der Waals surface area contributed by atoms with Crippen molar-refractivity contribution < 1.29 is 4.79 Å². The van der Waals surface area contributed by atoms with Gasteiger partial charge in [0, 0.05) is 16.5 Å². The average Bonchev–Trinajstić information content (AvgIpc) is 2.66. The molecule has 4 heteroatoms. The highest BCUT2D eigenvalue weighted by Crippen LogP contribution is 2.26. The van der Waals surface area contributed by atoms with E-state index in [1.165, 1.54) is 0 Å². The molecule has 1 N–H and O–H groups in total. The summed E-state index contributed by atoms with van der Waals surface area (Å²) in [5, 5.41) is 4.27. The summed E-state index contributed by atoms with van der Waals surface area (Å²) in [6.45, 7) is 2.14. The fraction of sp³-hybridized carbons (Fsp3) is 0.238. The highest BCUT2D eigenvalue weighted by molar-refractivity contribution is 8.00. The molecule has 0 aliphatic rings. The zero-order valence-corrected chi connectivity index (χ0v) is 15.1. The van der Waals surface area contributed by atoms with Gasteiger partial charge in [0.1, 0.15) is 0 Å². The van der Waals surface area contributed by atoms with Gasteiger partial charge in [-0.3, -0.25) is 9.78 Å². The number of hydrogen-bond acceptors (Lipinski definition) is 3. The zero-order valence-electron chi connectivity index (χ0n) is 14.3. The van der Waals surface area contributed by atoms with Crippen molar-refractivity contribution in [2.45, 2.75) is 30.7 Å². The molecule has 3 nitrogen and oxygen atoms in total. The third-order valence-corrected chi connectivity index (χ3v) is 5.16. The van der Waals surface area contributed by atoms with Gasteiger partial charge in [0.15, 0.2) is 0 Å². The van der Waals surface area contributed by atoms with Gasteiger partial charge >= 0.3 is 0 Å². The van der Waals surface area contributed by atoms with E-state index in [1.54, 1.807) is 18.0 Å². The fourth-order valence-corrected chi connectivity index (χ4v) is 3.73. The van der Waals surface area contributed by atoms with Crippen LogP contribution in [0.2, 0.25) is 0 Å². The van der Waals surface area contributed by atoms with Crippen LogP contribution in [-0.2, 0) is 4.79 Å². The Balaban J connectivity index is 1.65. The molecule has 25 heavy (non-hydrogen) atoms. The van der Waals surface area contributed by atoms with E-state index in [0.717, 1.165) is 34.2 Å². The summed E-state index contributed by atoms with van der Waals surface area (Å²) in [5.41, 5.74) is 2.12. The number of hydrogen-bond donors (Lipinski definition) is 1. The maximum absolute atomic E-state index is 12.5. The summed E-state index contributed by atoms with van der Waals surface area (Å²) in [6.07, 6.45) is 3.77. The van der Waals surface area contributed by atoms with E-state index in [0.29, 0.717) is 5.75 Å². The molecule has 0 saturated carbocycles. The van der Waals surface area contributed by atoms with Gasteiger partial charge in [-0.15, -0.1) is 11.8 Å². The van der Waals surface area contributed by atoms with Gasteiger partial charge in [-0.25, -0.2) is 0 Å². The normalized spacial score (nSPS) is 12.0. The second-order valence-corrected chi connectivity index (χ2v) is 6.95. The van der Waals surface area contributed by atoms with Crippen molar-refractivity contribution in [2.24, 2.45) is 0 Å². The molecule has 2 aromatic carbocycles. The van der Waals surface area contributed by atoms with Gasteiger partial charge in [-0.05, 0) is 24.1 Å². The van der Waals surface area contributed by atoms with Crippen molar-refractivity contribution in [3.8, 4) is 0 Å². The molecule has 0 aliphatic carbocycles. The Morgan fingerprint density at radius 2 is 1.84 bits per heavy atom. The summed E-state index contributed by atoms with van der Waals surface area (Å²) >= 11 is 1.56. The minimum absolute atomic E-state index is 0.0631. The van der Waals surface area contributed by atoms with Crippen molar-refractivity contribution in [1.82, 2.24) is 10.3 Å². The van der Waals surface area contributed by atoms with Crippen LogP contribution in [0.15, 0.2) is 71.8 Å². The molecule has 128 valence electrons. The lowest BCUT2D eigenvalue weighted by atomic mass is 10.0. The Bertz CT molecular complexity index is 830. The number of pyridine rings is 1. The highest BCUT2D eigenvalue weighted by Gasteiger charge is 2.14. The van der Waals surface area contributed by atoms with E-state index < -0.39 is 0 Å². The average molecular weight is 350 g/mol. The number of nitrogens with one attached hydrogen (secondary N) is 1. The molecule has 1 unspecified atom stereocenters. The third kappa shape index (κ3) is 4.60. The van der Waals surface area contributed by atoms with Gasteiger partial charge in [0.25, 0.3) is 0 Å². The Morgan fingerprint density at radius 1 is 1.08 bits per heavy atom. The molecule has 3 rings (SSSR count). The first kappa shape index (κ1) is 17.5. The number of fused-ring (bicyclic) bond motifs is 1. The van der Waals surface area contributed by atoms with Crippen LogP contribution in [0.25, 0.3) is 10.9 Å². The van der Waals surface area contributed by atoms with Gasteiger partial charge < -0.3 is 5.32 Å². The van der Waals surface area contributed by atoms with Crippen LogP contribution in [0, 0.1) is 0 Å². The first-order valence-corrected chi connectivity index (χ1v) is 9.57. The number of aromatic nitrogens is 1. The summed E-state index contributed by atoms with van der Waals surface area (Å²) < 4.78 is 0. The molecule has 0 radical (unpaired) electrons. The molecule has 1 atom stereocenters. The van der Waals surface area contributed by atoms with Gasteiger partial charge in [-0.1, -0.05) is 61.9 Å². The molecule has 0 aliphatic heterocycles. The Kier molecular flexibility index (Phi) is 6.07. The Labute approximate surface area is 152 Å². The highest BCUT2D eigenvalue weighted by atomic mass is 32.2. The first-order valence-electron chi connectivity index (χ1n) is 8.59. The maximum atomic E-state index is 12.5. The lowest BCUT2D eigenvalue weighted by molar-refractivity contribution is -0.119. The molecule has 1 amide bonds. The summed E-state index contributed by atoms with van der Waals surface area (Å²) in [7, 11) is 0. The van der Waals surface area contributed by atoms with Crippen LogP contribution in [0.3, 0.4) is 0 Å². The van der Waals surface area contributed by atoms with Crippen molar-refractivity contribution in [2.75, 3.05) is 5.75 Å². The number of carbonyl (C=O) groups is 1. The number of benzene rings is 2. The monoisotopic (exact) mass is 350 g/mol. The molecule has 3 aromatic rings. The van der Waals surface area contributed by atoms with E-state index >= 15 is 0 Å². The number of nitrogens with zero attached hydrogens (tertiary/aromatic N) is 1. The van der Waals surface area contributed by atoms with Crippen molar-refractivity contribution in [1.29, 1.82) is 0 Å². The van der Waals surface area contributed by atoms with E-state index in [4.69, 9.17) is 0 Å². The minimum Gasteiger partial charge on any atom is -0.349 e. The summed E-state index contributed by atoms with van der Waals surface area (Å²) in [5.74, 6) is 0.467. The number of rotatable bonds is 7. The van der Waals surface area contributed by atoms with Crippen LogP contribution in [0.1, 0.15) is 31.4 Å². The van der Waals surface area contributed by atoms with Crippen molar-refractivity contribution >= 4 is 28.6 Å². The minimum atomic E-state index is 0.0631. The van der Waals surface area contributed by atoms with Crippen LogP contribution in [0.4, 0.5) is 0 Å². The first-order chi connectivity index (χ1) is 12.3. The lowest BCUT2D eigenvalue weighted by Gasteiger charge is -2.18. The van der Waals surface area contributed by atoms with E-state index in [-0.39, 0.29) is 11.9 Å². The topological polar surface area (TPSA) is 42.0 Å². The molecular formula is C21H22N2OS. The van der Waals surface area contributed by atoms with E-state index in [9.17, 15) is 4.79 Å². The standard InChI is InChI=1S/C21H22N2OS/c1-2-8-18(16-9-4-3-5-10-16)23-21(24)15-25-20-13-14-22-19-12-7-6-11-17(19)20/h3-7,9-14,18H,2,8,15H2,1H3,(H,23,24). The smallest absolute Gasteiger partial charge is 0.230 e. The van der Waals surface area contributed by atoms with Crippen LogP contribution in [0.5, 0.6) is 0 Å². The molecule has 0 spiro atoms. The third-order valence-electron chi connectivity index (χ3n) is 4.08. The second-order valence-electron chi connectivity index (χ2n) is 5.93. The lowest BCUT2D eigenvalue weighted by Crippen LogP contribution is -2.29. The quantitative estimate of drug-likeness (QED) is 0.611. The van der Waals surface area contributed by atoms with Crippen LogP contribution in [-0.4, -0.2) is 16.6 Å². The summed E-state index contributed by atoms with van der Waals surface area (Å²) in [4.78, 5) is 17.9. The molecule has 0 bridgehead atoms. The van der Waals surface area contributed by atoms with E-state index in [2.05, 4.69) is 29.4 Å². The number of para-hydroxylation sites is 1. The predicted molar refractivity (Wildman–Crippen MR) is 105 cm³/mol. The SMILES string of the molecule is CCCC(NC(=O)CSc1ccnc2ccccc12)c1ccccc1. The zero-order chi connectivity index (χ0) is 17.5. The molecular weight excluding hydrogens is 328 g/mol. The number of amides is 1. The molecule has 0 saturated heterocycles. The summed E-state index contributed by atoms with van der Waals surface area (Å²) in [6, 6.07) is 20.2. The number of thioether (sulfide) groups is 1. The van der Waals surface area contributed by atoms with E-state index in [1.807, 2.05) is 48.5 Å². The van der Waals surface area contributed by atoms with Gasteiger partial charge in [0.05, 0.1) is 17.3 Å². The van der Waals surface area contributed by atoms with Crippen LogP contribution >= 0.6 is 11.8 Å². The maximum Gasteiger partial charge on any atom is 0.230 e. The van der Waals surface area contributed by atoms with Gasteiger partial charge in [-0.2, -0.15) is 0 Å². The number of carbonyl (C=O) groups excluding carboxylic acids is 1. The molecule has 1 aromatic heterocycles. The molecule has 0 fully saturated rings. The van der Waals surface area contributed by atoms with Gasteiger partial charge in [0.2, 0.25) is 5.91 Å². The van der Waals surface area contributed by atoms with Crippen molar-refractivity contribution in [3.05, 3.63) is 72.4 Å². The largest absolute Gasteiger partial charge is 0.349 e. The Hall–Kier alpha value is -2.33. The Morgan fingerprint density at radius 3 is 2.64 bits per heavy atom. The van der Waals surface area contributed by atoms with Crippen molar-refractivity contribution in [3.63, 3.8) is 0 Å². The predicted octanol–water partition coefficient (Wildman–Crippen LogP) is 4.98.